The molecule has 4 atom stereocenters. The molecule has 3 N–H and O–H groups in total. The maximum absolute atomic E-state index is 14.2. The van der Waals surface area contributed by atoms with Crippen molar-refractivity contribution >= 4 is 34.1 Å². The fourth-order valence-corrected chi connectivity index (χ4v) is 7.22. The van der Waals surface area contributed by atoms with E-state index < -0.39 is 23.9 Å². The van der Waals surface area contributed by atoms with Crippen molar-refractivity contribution in [2.75, 3.05) is 11.9 Å². The Bertz CT molecular complexity index is 1340. The lowest BCUT2D eigenvalue weighted by Gasteiger charge is -2.33. The van der Waals surface area contributed by atoms with Crippen LogP contribution >= 0.6 is 11.5 Å². The van der Waals surface area contributed by atoms with Crippen molar-refractivity contribution in [1.82, 2.24) is 20.2 Å². The standard InChI is InChI=1S/C34H43N5O3S/c1-23(35-22-12-15-24-13-5-2-6-14-24)32(41)36-29(25-16-7-3-8-17-25)31(40)27-20-11-21-28(27)33(42)37-34-30(38-39-43-34)26-18-9-4-10-19-26/h2,4-6,9-10,13-14,18-19,23,25,27-29,35H,3,7-8,11-12,15-17,20-22H2,1H3,(H,36,41)(H,37,42)/t23?,27?,28-,29+/m1/s1. The van der Waals surface area contributed by atoms with E-state index >= 15 is 0 Å². The van der Waals surface area contributed by atoms with Crippen LogP contribution in [-0.4, -0.2) is 45.8 Å². The van der Waals surface area contributed by atoms with Crippen molar-refractivity contribution in [2.45, 2.75) is 83.2 Å². The van der Waals surface area contributed by atoms with Gasteiger partial charge in [-0.2, -0.15) is 0 Å². The van der Waals surface area contributed by atoms with Gasteiger partial charge in [-0.15, -0.1) is 5.10 Å². The number of ketones is 1. The van der Waals surface area contributed by atoms with Crippen LogP contribution < -0.4 is 16.0 Å². The Morgan fingerprint density at radius 3 is 2.33 bits per heavy atom. The first kappa shape index (κ1) is 31.0. The third-order valence-corrected chi connectivity index (χ3v) is 9.69. The van der Waals surface area contributed by atoms with Crippen molar-refractivity contribution in [3.63, 3.8) is 0 Å². The average Bonchev–Trinajstić information content (AvgIpc) is 3.73. The predicted octanol–water partition coefficient (Wildman–Crippen LogP) is 5.81. The molecule has 5 rings (SSSR count). The fourth-order valence-electron chi connectivity index (χ4n) is 6.62. The monoisotopic (exact) mass is 601 g/mol. The summed E-state index contributed by atoms with van der Waals surface area (Å²) in [5.74, 6) is -1.04. The van der Waals surface area contributed by atoms with Crippen LogP contribution in [0, 0.1) is 17.8 Å². The molecular formula is C34H43N5O3S. The van der Waals surface area contributed by atoms with E-state index in [0.717, 1.165) is 68.5 Å². The summed E-state index contributed by atoms with van der Waals surface area (Å²) in [5, 5.41) is 14.4. The van der Waals surface area contributed by atoms with Crippen LogP contribution in [0.4, 0.5) is 5.00 Å². The van der Waals surface area contributed by atoms with Crippen LogP contribution in [0.5, 0.6) is 0 Å². The fraction of sp³-hybridized carbons (Fsp3) is 0.500. The molecule has 8 nitrogen and oxygen atoms in total. The Labute approximate surface area is 258 Å². The average molecular weight is 602 g/mol. The van der Waals surface area contributed by atoms with Gasteiger partial charge in [0.1, 0.15) is 10.7 Å². The summed E-state index contributed by atoms with van der Waals surface area (Å²) in [5.41, 5.74) is 2.80. The topological polar surface area (TPSA) is 113 Å². The Hall–Kier alpha value is -3.43. The van der Waals surface area contributed by atoms with E-state index in [1.54, 1.807) is 0 Å². The number of carbonyl (C=O) groups is 3. The van der Waals surface area contributed by atoms with Gasteiger partial charge in [0.15, 0.2) is 5.78 Å². The number of hydrogen-bond donors (Lipinski definition) is 3. The van der Waals surface area contributed by atoms with Crippen LogP contribution in [0.3, 0.4) is 0 Å². The summed E-state index contributed by atoms with van der Waals surface area (Å²) in [7, 11) is 0. The van der Waals surface area contributed by atoms with E-state index in [1.165, 1.54) is 5.56 Å². The van der Waals surface area contributed by atoms with Crippen molar-refractivity contribution in [3.8, 4) is 11.3 Å². The third-order valence-electron chi connectivity index (χ3n) is 9.04. The number of aromatic nitrogens is 2. The molecule has 1 heterocycles. The van der Waals surface area contributed by atoms with E-state index in [9.17, 15) is 14.4 Å². The number of benzene rings is 2. The molecule has 0 bridgehead atoms. The van der Waals surface area contributed by atoms with Gasteiger partial charge in [0.05, 0.1) is 12.1 Å². The van der Waals surface area contributed by atoms with Crippen LogP contribution in [0.15, 0.2) is 60.7 Å². The molecule has 2 aliphatic carbocycles. The molecule has 2 saturated carbocycles. The summed E-state index contributed by atoms with van der Waals surface area (Å²) in [6.45, 7) is 2.58. The molecule has 9 heteroatoms. The second-order valence-electron chi connectivity index (χ2n) is 12.0. The minimum absolute atomic E-state index is 0.0138. The lowest BCUT2D eigenvalue weighted by atomic mass is 9.77. The molecular weight excluding hydrogens is 558 g/mol. The molecule has 2 aliphatic rings. The zero-order valence-corrected chi connectivity index (χ0v) is 25.8. The first-order chi connectivity index (χ1) is 21.0. The molecule has 2 aromatic carbocycles. The Kier molecular flexibility index (Phi) is 11.1. The Morgan fingerprint density at radius 2 is 1.58 bits per heavy atom. The van der Waals surface area contributed by atoms with Crippen molar-refractivity contribution in [1.29, 1.82) is 0 Å². The molecule has 0 radical (unpaired) electrons. The highest BCUT2D eigenvalue weighted by Crippen LogP contribution is 2.38. The summed E-state index contributed by atoms with van der Waals surface area (Å²) in [4.78, 5) is 41.1. The molecule has 228 valence electrons. The van der Waals surface area contributed by atoms with Crippen LogP contribution in [0.1, 0.15) is 70.3 Å². The summed E-state index contributed by atoms with van der Waals surface area (Å²) in [6.07, 6.45) is 9.12. The van der Waals surface area contributed by atoms with Gasteiger partial charge in [0.2, 0.25) is 11.8 Å². The van der Waals surface area contributed by atoms with E-state index in [0.29, 0.717) is 30.1 Å². The van der Waals surface area contributed by atoms with Gasteiger partial charge in [0, 0.05) is 28.9 Å². The number of anilines is 1. The number of amides is 2. The van der Waals surface area contributed by atoms with Crippen molar-refractivity contribution < 1.29 is 14.4 Å². The van der Waals surface area contributed by atoms with Crippen molar-refractivity contribution in [2.24, 2.45) is 17.8 Å². The summed E-state index contributed by atoms with van der Waals surface area (Å²) in [6, 6.07) is 19.0. The predicted molar refractivity (Wildman–Crippen MR) is 171 cm³/mol. The SMILES string of the molecule is CC(NCCCc1ccccc1)C(=O)N[C@H](C(=O)C1CCC[C@H]1C(=O)Nc1snnc1-c1ccccc1)C1CCCCC1. The lowest BCUT2D eigenvalue weighted by Crippen LogP contribution is -2.54. The minimum Gasteiger partial charge on any atom is -0.345 e. The zero-order chi connectivity index (χ0) is 30.0. The molecule has 43 heavy (non-hydrogen) atoms. The van der Waals surface area contributed by atoms with Gasteiger partial charge in [-0.1, -0.05) is 90.8 Å². The van der Waals surface area contributed by atoms with E-state index in [-0.39, 0.29) is 23.5 Å². The highest BCUT2D eigenvalue weighted by atomic mass is 32.1. The maximum atomic E-state index is 14.2. The number of Topliss-reactive ketones (excluding diaryl/α,β-unsaturated/α-hetero) is 1. The molecule has 1 aromatic heterocycles. The second kappa shape index (κ2) is 15.3. The molecule has 2 amide bonds. The normalized spacial score (nSPS) is 20.3. The largest absolute Gasteiger partial charge is 0.345 e. The van der Waals surface area contributed by atoms with Gasteiger partial charge in [-0.25, -0.2) is 0 Å². The first-order valence-electron chi connectivity index (χ1n) is 15.8. The summed E-state index contributed by atoms with van der Waals surface area (Å²) < 4.78 is 4.07. The Balaban J connectivity index is 1.22. The number of nitrogens with zero attached hydrogens (tertiary/aromatic N) is 2. The number of hydrogen-bond acceptors (Lipinski definition) is 7. The van der Waals surface area contributed by atoms with E-state index in [2.05, 4.69) is 37.7 Å². The molecule has 3 aromatic rings. The third kappa shape index (κ3) is 8.15. The summed E-state index contributed by atoms with van der Waals surface area (Å²) >= 11 is 1.15. The van der Waals surface area contributed by atoms with Crippen LogP contribution in [0.2, 0.25) is 0 Å². The number of aryl methyl sites for hydroxylation is 1. The highest BCUT2D eigenvalue weighted by molar-refractivity contribution is 7.10. The Morgan fingerprint density at radius 1 is 0.884 bits per heavy atom. The van der Waals surface area contributed by atoms with Crippen LogP contribution in [-0.2, 0) is 20.8 Å². The number of nitrogens with one attached hydrogen (secondary N) is 3. The number of rotatable bonds is 13. The van der Waals surface area contributed by atoms with Gasteiger partial charge in [0.25, 0.3) is 0 Å². The van der Waals surface area contributed by atoms with Gasteiger partial charge in [-0.3, -0.25) is 14.4 Å². The molecule has 0 saturated heterocycles. The van der Waals surface area contributed by atoms with Crippen LogP contribution in [0.25, 0.3) is 11.3 Å². The lowest BCUT2D eigenvalue weighted by molar-refractivity contribution is -0.135. The quantitative estimate of drug-likeness (QED) is 0.213. The molecule has 2 fully saturated rings. The zero-order valence-electron chi connectivity index (χ0n) is 25.0. The van der Waals surface area contributed by atoms with Gasteiger partial charge >= 0.3 is 0 Å². The first-order valence-corrected chi connectivity index (χ1v) is 16.6. The minimum atomic E-state index is -0.565. The molecule has 0 spiro atoms. The number of carbonyl (C=O) groups excluding carboxylic acids is 3. The highest BCUT2D eigenvalue weighted by Gasteiger charge is 2.43. The van der Waals surface area contributed by atoms with Crippen molar-refractivity contribution in [3.05, 3.63) is 66.2 Å². The molecule has 2 unspecified atom stereocenters. The van der Waals surface area contributed by atoms with E-state index in [4.69, 9.17) is 0 Å². The van der Waals surface area contributed by atoms with E-state index in [1.807, 2.05) is 55.5 Å². The van der Waals surface area contributed by atoms with Gasteiger partial charge < -0.3 is 16.0 Å². The second-order valence-corrected chi connectivity index (χ2v) is 12.8. The molecule has 0 aliphatic heterocycles. The maximum Gasteiger partial charge on any atom is 0.237 e. The van der Waals surface area contributed by atoms with Gasteiger partial charge in [-0.05, 0) is 63.5 Å². The smallest absolute Gasteiger partial charge is 0.237 e.